The summed E-state index contributed by atoms with van der Waals surface area (Å²) in [5.41, 5.74) is 1.42. The van der Waals surface area contributed by atoms with Crippen molar-refractivity contribution in [3.8, 4) is 33.3 Å². The maximum Gasteiger partial charge on any atom is 0.426 e. The Kier molecular flexibility index (Phi) is 6.10. The lowest BCUT2D eigenvalue weighted by atomic mass is 10.1. The summed E-state index contributed by atoms with van der Waals surface area (Å²) in [4.78, 5) is 14.6. The summed E-state index contributed by atoms with van der Waals surface area (Å²) in [6.45, 7) is 0.252. The maximum atomic E-state index is 13.7. The van der Waals surface area contributed by atoms with Crippen molar-refractivity contribution in [2.75, 3.05) is 0 Å². The average molecular weight is 530 g/mol. The zero-order valence-corrected chi connectivity index (χ0v) is 19.6. The summed E-state index contributed by atoms with van der Waals surface area (Å²) >= 11 is 6.93. The number of rotatable bonds is 6. The van der Waals surface area contributed by atoms with Crippen LogP contribution in [0.5, 0.6) is 0 Å². The lowest BCUT2D eigenvalue weighted by Crippen LogP contribution is -2.23. The second-order valence-corrected chi connectivity index (χ2v) is 9.10. The van der Waals surface area contributed by atoms with E-state index in [1.165, 1.54) is 23.0 Å². The van der Waals surface area contributed by atoms with Gasteiger partial charge in [-0.25, -0.2) is 0 Å². The van der Waals surface area contributed by atoms with Gasteiger partial charge in [0.05, 0.1) is 22.4 Å². The SMILES string of the molecule is O=C([O-])c1ccn(Cc2ccc(-c3noc(-c4cc(-c5ccccc5)c(C(F)(F)F)s4)n3)c(Cl)c2)n1. The molecule has 0 amide bonds. The van der Waals surface area contributed by atoms with Gasteiger partial charge in [-0.3, -0.25) is 4.68 Å². The Morgan fingerprint density at radius 2 is 1.86 bits per heavy atom. The first kappa shape index (κ1) is 23.8. The topological polar surface area (TPSA) is 96.9 Å². The fourth-order valence-corrected chi connectivity index (χ4v) is 4.81. The van der Waals surface area contributed by atoms with Crippen molar-refractivity contribution in [1.82, 2.24) is 19.9 Å². The molecule has 0 aliphatic carbocycles. The number of halogens is 4. The van der Waals surface area contributed by atoms with E-state index >= 15 is 0 Å². The molecule has 0 radical (unpaired) electrons. The molecule has 3 aromatic heterocycles. The maximum absolute atomic E-state index is 13.7. The average Bonchev–Trinajstić information content (AvgIpc) is 3.59. The van der Waals surface area contributed by atoms with Crippen LogP contribution >= 0.6 is 22.9 Å². The highest BCUT2D eigenvalue weighted by Gasteiger charge is 2.37. The summed E-state index contributed by atoms with van der Waals surface area (Å²) in [5, 5.41) is 19.0. The fraction of sp³-hybridized carbons (Fsp3) is 0.0833. The van der Waals surface area contributed by atoms with Gasteiger partial charge in [0.2, 0.25) is 5.82 Å². The van der Waals surface area contributed by atoms with Gasteiger partial charge < -0.3 is 14.4 Å². The van der Waals surface area contributed by atoms with Crippen LogP contribution in [0.2, 0.25) is 5.02 Å². The van der Waals surface area contributed by atoms with Crippen molar-refractivity contribution in [3.05, 3.63) is 88.0 Å². The quantitative estimate of drug-likeness (QED) is 0.292. The highest BCUT2D eigenvalue weighted by Crippen LogP contribution is 2.45. The second kappa shape index (κ2) is 9.25. The highest BCUT2D eigenvalue weighted by atomic mass is 35.5. The minimum absolute atomic E-state index is 0.0330. The molecule has 0 saturated carbocycles. The minimum atomic E-state index is -4.55. The smallest absolute Gasteiger partial charge is 0.426 e. The second-order valence-electron chi connectivity index (χ2n) is 7.64. The number of nitrogens with zero attached hydrogens (tertiary/aromatic N) is 4. The molecule has 0 unspecified atom stereocenters. The molecule has 36 heavy (non-hydrogen) atoms. The number of carboxylic acids is 1. The zero-order valence-electron chi connectivity index (χ0n) is 18.0. The molecule has 0 aliphatic rings. The third-order valence-electron chi connectivity index (χ3n) is 5.18. The van der Waals surface area contributed by atoms with Crippen LogP contribution in [0.15, 0.2) is 71.4 Å². The molecule has 0 aliphatic heterocycles. The predicted molar refractivity (Wildman–Crippen MR) is 124 cm³/mol. The number of hydrogen-bond acceptors (Lipinski definition) is 7. The van der Waals surface area contributed by atoms with Crippen LogP contribution in [0.1, 0.15) is 20.9 Å². The molecule has 3 heterocycles. The van der Waals surface area contributed by atoms with Gasteiger partial charge in [0.15, 0.2) is 0 Å². The molecule has 5 aromatic rings. The number of aromatic nitrogens is 4. The summed E-state index contributed by atoms with van der Waals surface area (Å²) < 4.78 is 47.8. The monoisotopic (exact) mass is 529 g/mol. The molecule has 0 saturated heterocycles. The van der Waals surface area contributed by atoms with Gasteiger partial charge in [0, 0.05) is 17.3 Å². The Bertz CT molecular complexity index is 1560. The molecule has 0 atom stereocenters. The molecule has 2 aromatic carbocycles. The van der Waals surface area contributed by atoms with E-state index in [-0.39, 0.29) is 39.4 Å². The van der Waals surface area contributed by atoms with E-state index in [0.29, 0.717) is 22.5 Å². The lowest BCUT2D eigenvalue weighted by molar-refractivity contribution is -0.255. The zero-order chi connectivity index (χ0) is 25.4. The van der Waals surface area contributed by atoms with E-state index in [4.69, 9.17) is 16.1 Å². The molecular formula is C24H13ClF3N4O3S-. The van der Waals surface area contributed by atoms with Crippen LogP contribution in [-0.4, -0.2) is 25.9 Å². The van der Waals surface area contributed by atoms with Crippen molar-refractivity contribution < 1.29 is 27.6 Å². The minimum Gasteiger partial charge on any atom is -0.543 e. The fourth-order valence-electron chi connectivity index (χ4n) is 3.56. The van der Waals surface area contributed by atoms with Crippen LogP contribution < -0.4 is 5.11 Å². The van der Waals surface area contributed by atoms with E-state index in [2.05, 4.69) is 15.2 Å². The van der Waals surface area contributed by atoms with Crippen molar-refractivity contribution in [2.45, 2.75) is 12.7 Å². The summed E-state index contributed by atoms with van der Waals surface area (Å²) in [6.07, 6.45) is -3.05. The number of aromatic carboxylic acids is 1. The number of hydrogen-bond donors (Lipinski definition) is 0. The highest BCUT2D eigenvalue weighted by molar-refractivity contribution is 7.16. The summed E-state index contributed by atoms with van der Waals surface area (Å²) in [5.74, 6) is -1.32. The van der Waals surface area contributed by atoms with Crippen LogP contribution in [0, 0.1) is 0 Å². The van der Waals surface area contributed by atoms with Gasteiger partial charge in [0.25, 0.3) is 5.89 Å². The van der Waals surface area contributed by atoms with Gasteiger partial charge in [-0.15, -0.1) is 11.3 Å². The normalized spacial score (nSPS) is 11.7. The van der Waals surface area contributed by atoms with Crippen LogP contribution in [-0.2, 0) is 12.7 Å². The van der Waals surface area contributed by atoms with Crippen LogP contribution in [0.25, 0.3) is 33.3 Å². The Morgan fingerprint density at radius 1 is 1.08 bits per heavy atom. The van der Waals surface area contributed by atoms with Gasteiger partial charge >= 0.3 is 6.18 Å². The number of carbonyl (C=O) groups is 1. The van der Waals surface area contributed by atoms with Crippen molar-refractivity contribution in [3.63, 3.8) is 0 Å². The van der Waals surface area contributed by atoms with Gasteiger partial charge in [0.1, 0.15) is 10.6 Å². The van der Waals surface area contributed by atoms with E-state index in [1.54, 1.807) is 48.5 Å². The van der Waals surface area contributed by atoms with Gasteiger partial charge in [-0.05, 0) is 35.4 Å². The molecular weight excluding hydrogens is 517 g/mol. The van der Waals surface area contributed by atoms with Crippen molar-refractivity contribution >= 4 is 28.9 Å². The standard InChI is InChI=1S/C24H14ClF3N4O3S/c25-17-10-13(12-32-9-8-18(30-32)23(33)34)6-7-15(17)21-29-22(35-31-21)19-11-16(14-4-2-1-3-5-14)20(36-19)24(26,27)28/h1-11H,12H2,(H,33,34)/p-1. The first-order valence-electron chi connectivity index (χ1n) is 10.3. The Morgan fingerprint density at radius 3 is 2.53 bits per heavy atom. The lowest BCUT2D eigenvalue weighted by Gasteiger charge is -2.07. The van der Waals surface area contributed by atoms with E-state index in [0.717, 1.165) is 5.56 Å². The molecule has 12 heteroatoms. The first-order chi connectivity index (χ1) is 17.2. The van der Waals surface area contributed by atoms with Crippen molar-refractivity contribution in [2.24, 2.45) is 0 Å². The molecule has 182 valence electrons. The van der Waals surface area contributed by atoms with E-state index < -0.39 is 17.0 Å². The third-order valence-corrected chi connectivity index (χ3v) is 6.66. The Balaban J connectivity index is 1.43. The molecule has 5 rings (SSSR count). The van der Waals surface area contributed by atoms with E-state index in [9.17, 15) is 23.1 Å². The predicted octanol–water partition coefficient (Wildman–Crippen LogP) is 5.41. The summed E-state index contributed by atoms with van der Waals surface area (Å²) in [6, 6.07) is 16.0. The number of alkyl halides is 3. The number of benzene rings is 2. The van der Waals surface area contributed by atoms with Gasteiger partial charge in [-0.1, -0.05) is 53.2 Å². The number of carboxylic acid groups (broad SMARTS) is 1. The molecule has 0 N–H and O–H groups in total. The van der Waals surface area contributed by atoms with Crippen LogP contribution in [0.3, 0.4) is 0 Å². The van der Waals surface area contributed by atoms with Crippen molar-refractivity contribution in [1.29, 1.82) is 0 Å². The largest absolute Gasteiger partial charge is 0.543 e. The van der Waals surface area contributed by atoms with Crippen LogP contribution in [0.4, 0.5) is 13.2 Å². The molecule has 0 bridgehead atoms. The first-order valence-corrected chi connectivity index (χ1v) is 11.5. The number of carbonyl (C=O) groups excluding carboxylic acids is 1. The molecule has 0 spiro atoms. The molecule has 7 nitrogen and oxygen atoms in total. The third kappa shape index (κ3) is 4.75. The Hall–Kier alpha value is -3.96. The van der Waals surface area contributed by atoms with Gasteiger partial charge in [-0.2, -0.15) is 23.3 Å². The summed E-state index contributed by atoms with van der Waals surface area (Å²) in [7, 11) is 0. The van der Waals surface area contributed by atoms with E-state index in [1.807, 2.05) is 0 Å². The Labute approximate surface area is 210 Å². The molecule has 0 fully saturated rings. The number of thiophene rings is 1.